The van der Waals surface area contributed by atoms with E-state index in [1.54, 1.807) is 12.1 Å². The molecule has 4 nitrogen and oxygen atoms in total. The fraction of sp³-hybridized carbons (Fsp3) is 0.0667. The maximum atomic E-state index is 11.2. The molecule has 2 aromatic rings. The molecule has 0 atom stereocenters. The zero-order valence-corrected chi connectivity index (χ0v) is 10.3. The van der Waals surface area contributed by atoms with Crippen LogP contribution in [0, 0.1) is 11.3 Å². The summed E-state index contributed by atoms with van der Waals surface area (Å²) in [6, 6.07) is 19.0. The Labute approximate surface area is 111 Å². The predicted molar refractivity (Wildman–Crippen MR) is 75.0 cm³/mol. The first-order chi connectivity index (χ1) is 9.28. The minimum Gasteiger partial charge on any atom is -0.356 e. The minimum absolute atomic E-state index is 0.135. The zero-order valence-electron chi connectivity index (χ0n) is 10.3. The zero-order chi connectivity index (χ0) is 13.5. The normalized spacial score (nSPS) is 9.42. The minimum atomic E-state index is -0.300. The highest BCUT2D eigenvalue weighted by atomic mass is 16.1. The number of anilines is 3. The number of hydrogen-bond acceptors (Lipinski definition) is 3. The maximum absolute atomic E-state index is 11.2. The van der Waals surface area contributed by atoms with Gasteiger partial charge in [-0.3, -0.25) is 4.79 Å². The maximum Gasteiger partial charge on any atom is 0.238 e. The number of nitriles is 1. The second-order valence-electron chi connectivity index (χ2n) is 3.95. The first-order valence-corrected chi connectivity index (χ1v) is 5.87. The monoisotopic (exact) mass is 251 g/mol. The van der Waals surface area contributed by atoms with E-state index in [1.807, 2.05) is 48.5 Å². The summed E-state index contributed by atoms with van der Waals surface area (Å²) in [5.41, 5.74) is 2.62. The third-order valence-corrected chi connectivity index (χ3v) is 2.47. The SMILES string of the molecule is N#CCC(=O)Nc1ccc(Nc2ccccc2)cc1. The summed E-state index contributed by atoms with van der Waals surface area (Å²) in [6.07, 6.45) is -0.135. The van der Waals surface area contributed by atoms with Crippen molar-refractivity contribution in [2.75, 3.05) is 10.6 Å². The van der Waals surface area contributed by atoms with Crippen molar-refractivity contribution in [2.45, 2.75) is 6.42 Å². The van der Waals surface area contributed by atoms with Crippen molar-refractivity contribution in [3.05, 3.63) is 54.6 Å². The smallest absolute Gasteiger partial charge is 0.238 e. The van der Waals surface area contributed by atoms with Gasteiger partial charge in [-0.2, -0.15) is 5.26 Å². The molecule has 2 rings (SSSR count). The Hall–Kier alpha value is -2.80. The molecule has 0 aliphatic heterocycles. The van der Waals surface area contributed by atoms with E-state index in [9.17, 15) is 4.79 Å². The van der Waals surface area contributed by atoms with Gasteiger partial charge < -0.3 is 10.6 Å². The first kappa shape index (κ1) is 12.7. The second-order valence-corrected chi connectivity index (χ2v) is 3.95. The first-order valence-electron chi connectivity index (χ1n) is 5.87. The van der Waals surface area contributed by atoms with E-state index in [1.165, 1.54) is 0 Å². The van der Waals surface area contributed by atoms with Crippen LogP contribution in [0.15, 0.2) is 54.6 Å². The topological polar surface area (TPSA) is 64.9 Å². The van der Waals surface area contributed by atoms with Gasteiger partial charge in [-0.25, -0.2) is 0 Å². The Morgan fingerprint density at radius 2 is 1.53 bits per heavy atom. The Balaban J connectivity index is 1.99. The Morgan fingerprint density at radius 1 is 0.947 bits per heavy atom. The van der Waals surface area contributed by atoms with Crippen LogP contribution in [0.4, 0.5) is 17.1 Å². The highest BCUT2D eigenvalue weighted by Gasteiger charge is 2.01. The lowest BCUT2D eigenvalue weighted by Gasteiger charge is -2.07. The molecule has 19 heavy (non-hydrogen) atoms. The lowest BCUT2D eigenvalue weighted by molar-refractivity contribution is -0.115. The Kier molecular flexibility index (Phi) is 4.14. The lowest BCUT2D eigenvalue weighted by Crippen LogP contribution is -2.09. The molecule has 94 valence electrons. The van der Waals surface area contributed by atoms with Crippen molar-refractivity contribution in [3.8, 4) is 6.07 Å². The van der Waals surface area contributed by atoms with Crippen molar-refractivity contribution in [2.24, 2.45) is 0 Å². The van der Waals surface area contributed by atoms with Gasteiger partial charge in [0.15, 0.2) is 0 Å². The van der Waals surface area contributed by atoms with Gasteiger partial charge in [0.25, 0.3) is 0 Å². The van der Waals surface area contributed by atoms with Crippen LogP contribution >= 0.6 is 0 Å². The number of nitrogens with zero attached hydrogens (tertiary/aromatic N) is 1. The van der Waals surface area contributed by atoms with Crippen LogP contribution in [-0.4, -0.2) is 5.91 Å². The largest absolute Gasteiger partial charge is 0.356 e. The van der Waals surface area contributed by atoms with Gasteiger partial charge in [-0.05, 0) is 36.4 Å². The van der Waals surface area contributed by atoms with E-state index in [2.05, 4.69) is 10.6 Å². The summed E-state index contributed by atoms with van der Waals surface area (Å²) in [5.74, 6) is -0.300. The van der Waals surface area contributed by atoms with Crippen LogP contribution < -0.4 is 10.6 Å². The number of nitrogens with one attached hydrogen (secondary N) is 2. The summed E-state index contributed by atoms with van der Waals surface area (Å²) in [7, 11) is 0. The summed E-state index contributed by atoms with van der Waals surface area (Å²) < 4.78 is 0. The van der Waals surface area contributed by atoms with Crippen molar-refractivity contribution in [1.82, 2.24) is 0 Å². The van der Waals surface area contributed by atoms with Crippen molar-refractivity contribution >= 4 is 23.0 Å². The van der Waals surface area contributed by atoms with E-state index in [0.29, 0.717) is 5.69 Å². The average molecular weight is 251 g/mol. The van der Waals surface area contributed by atoms with Gasteiger partial charge >= 0.3 is 0 Å². The molecule has 0 unspecified atom stereocenters. The van der Waals surface area contributed by atoms with E-state index in [4.69, 9.17) is 5.26 Å². The molecule has 0 saturated heterocycles. The van der Waals surface area contributed by atoms with Crippen molar-refractivity contribution in [3.63, 3.8) is 0 Å². The third kappa shape index (κ3) is 3.86. The average Bonchev–Trinajstić information content (AvgIpc) is 2.42. The molecule has 0 aliphatic rings. The molecule has 0 aliphatic carbocycles. The van der Waals surface area contributed by atoms with Crippen LogP contribution in [0.1, 0.15) is 6.42 Å². The highest BCUT2D eigenvalue weighted by molar-refractivity contribution is 5.92. The van der Waals surface area contributed by atoms with Crippen LogP contribution in [0.5, 0.6) is 0 Å². The van der Waals surface area contributed by atoms with E-state index < -0.39 is 0 Å². The second kappa shape index (κ2) is 6.22. The molecule has 0 bridgehead atoms. The third-order valence-electron chi connectivity index (χ3n) is 2.47. The molecule has 0 heterocycles. The number of rotatable bonds is 4. The van der Waals surface area contributed by atoms with Gasteiger partial charge in [0.05, 0.1) is 6.07 Å². The summed E-state index contributed by atoms with van der Waals surface area (Å²) >= 11 is 0. The summed E-state index contributed by atoms with van der Waals surface area (Å²) in [5, 5.41) is 14.3. The number of benzene rings is 2. The van der Waals surface area contributed by atoms with Gasteiger partial charge in [0.1, 0.15) is 6.42 Å². The Morgan fingerprint density at radius 3 is 2.16 bits per heavy atom. The van der Waals surface area contributed by atoms with Crippen LogP contribution in [-0.2, 0) is 4.79 Å². The fourth-order valence-electron chi connectivity index (χ4n) is 1.60. The molecule has 0 radical (unpaired) electrons. The fourth-order valence-corrected chi connectivity index (χ4v) is 1.60. The molecule has 2 aromatic carbocycles. The molecular formula is C15H13N3O. The Bertz CT molecular complexity index is 585. The highest BCUT2D eigenvalue weighted by Crippen LogP contribution is 2.18. The van der Waals surface area contributed by atoms with Gasteiger partial charge in [0, 0.05) is 17.1 Å². The number of carbonyl (C=O) groups is 1. The number of amides is 1. The summed E-state index contributed by atoms with van der Waals surface area (Å²) in [4.78, 5) is 11.2. The molecule has 0 saturated carbocycles. The number of hydrogen-bond donors (Lipinski definition) is 2. The lowest BCUT2D eigenvalue weighted by atomic mass is 10.2. The van der Waals surface area contributed by atoms with Crippen LogP contribution in [0.25, 0.3) is 0 Å². The predicted octanol–water partition coefficient (Wildman–Crippen LogP) is 3.28. The van der Waals surface area contributed by atoms with Gasteiger partial charge in [0.2, 0.25) is 5.91 Å². The van der Waals surface area contributed by atoms with Crippen LogP contribution in [0.3, 0.4) is 0 Å². The van der Waals surface area contributed by atoms with E-state index in [-0.39, 0.29) is 12.3 Å². The molecule has 0 spiro atoms. The van der Waals surface area contributed by atoms with Crippen LogP contribution in [0.2, 0.25) is 0 Å². The molecule has 2 N–H and O–H groups in total. The molecule has 0 fully saturated rings. The van der Waals surface area contributed by atoms with E-state index >= 15 is 0 Å². The standard InChI is InChI=1S/C15H13N3O/c16-11-10-15(19)18-14-8-6-13(7-9-14)17-12-4-2-1-3-5-12/h1-9,17H,10H2,(H,18,19). The van der Waals surface area contributed by atoms with Crippen molar-refractivity contribution in [1.29, 1.82) is 5.26 Å². The van der Waals surface area contributed by atoms with E-state index in [0.717, 1.165) is 11.4 Å². The molecule has 4 heteroatoms. The number of carbonyl (C=O) groups excluding carboxylic acids is 1. The van der Waals surface area contributed by atoms with Gasteiger partial charge in [-0.15, -0.1) is 0 Å². The molecular weight excluding hydrogens is 238 g/mol. The molecule has 1 amide bonds. The van der Waals surface area contributed by atoms with Gasteiger partial charge in [-0.1, -0.05) is 18.2 Å². The van der Waals surface area contributed by atoms with Crippen molar-refractivity contribution < 1.29 is 4.79 Å². The quantitative estimate of drug-likeness (QED) is 0.876. The molecule has 0 aromatic heterocycles. The number of para-hydroxylation sites is 1. The summed E-state index contributed by atoms with van der Waals surface area (Å²) in [6.45, 7) is 0.